The number of carbonyl (C=O) groups excluding carboxylic acids is 1. The molecule has 0 aromatic carbocycles. The highest BCUT2D eigenvalue weighted by Gasteiger charge is 2.29. The lowest BCUT2D eigenvalue weighted by Gasteiger charge is -2.26. The number of carbonyl (C=O) groups is 1. The van der Waals surface area contributed by atoms with Crippen molar-refractivity contribution in [3.05, 3.63) is 11.8 Å². The van der Waals surface area contributed by atoms with Crippen LogP contribution in [0.25, 0.3) is 0 Å². The summed E-state index contributed by atoms with van der Waals surface area (Å²) in [5, 5.41) is 10.7. The quantitative estimate of drug-likeness (QED) is 0.642. The molecular formula is C12H19N5O3S. The first-order valence-electron chi connectivity index (χ1n) is 6.98. The van der Waals surface area contributed by atoms with Crippen LogP contribution >= 0.6 is 0 Å². The van der Waals surface area contributed by atoms with Gasteiger partial charge in [0, 0.05) is 31.6 Å². The third-order valence-electron chi connectivity index (χ3n) is 4.02. The molecule has 2 atom stereocenters. The maximum atomic E-state index is 11.4. The Balaban J connectivity index is 1.56. The van der Waals surface area contributed by atoms with E-state index in [1.807, 2.05) is 0 Å². The molecule has 8 nitrogen and oxygen atoms in total. The minimum Gasteiger partial charge on any atom is -0.369 e. The van der Waals surface area contributed by atoms with Gasteiger partial charge in [-0.05, 0) is 6.42 Å². The molecular weight excluding hydrogens is 294 g/mol. The second kappa shape index (κ2) is 5.30. The summed E-state index contributed by atoms with van der Waals surface area (Å²) in [4.78, 5) is 11.2. The van der Waals surface area contributed by atoms with Crippen LogP contribution in [0.15, 0.2) is 6.20 Å². The number of nitrogens with one attached hydrogen (secondary N) is 2. The molecule has 0 bridgehead atoms. The maximum absolute atomic E-state index is 11.4. The van der Waals surface area contributed by atoms with Gasteiger partial charge in [0.05, 0.1) is 17.7 Å². The Labute approximate surface area is 123 Å². The van der Waals surface area contributed by atoms with Gasteiger partial charge in [0.1, 0.15) is 11.4 Å². The normalized spacial score (nSPS) is 27.0. The summed E-state index contributed by atoms with van der Waals surface area (Å²) in [6.45, 7) is 2.11. The second-order valence-electron chi connectivity index (χ2n) is 5.71. The van der Waals surface area contributed by atoms with Crippen LogP contribution in [0.2, 0.25) is 0 Å². The number of aromatic nitrogens is 2. The predicted molar refractivity (Wildman–Crippen MR) is 77.8 cm³/mol. The number of hydrogen-bond acceptors (Lipinski definition) is 6. The lowest BCUT2D eigenvalue weighted by Crippen LogP contribution is -2.40. The SMILES string of the molecule is NC(=O)c1cnn2c1NC[C@@H](CN[C@@H]1CCS(=O)(=O)C1)C2. The number of sulfone groups is 1. The maximum Gasteiger partial charge on any atom is 0.254 e. The molecule has 2 aliphatic rings. The average Bonchev–Trinajstić information content (AvgIpc) is 2.99. The highest BCUT2D eigenvalue weighted by molar-refractivity contribution is 7.91. The van der Waals surface area contributed by atoms with E-state index in [1.54, 1.807) is 4.68 Å². The van der Waals surface area contributed by atoms with Crippen LogP contribution in [-0.2, 0) is 16.4 Å². The van der Waals surface area contributed by atoms with Gasteiger partial charge in [-0.3, -0.25) is 4.79 Å². The number of nitrogens with zero attached hydrogens (tertiary/aromatic N) is 2. The van der Waals surface area contributed by atoms with Crippen molar-refractivity contribution in [3.63, 3.8) is 0 Å². The van der Waals surface area contributed by atoms with Gasteiger partial charge >= 0.3 is 0 Å². The molecule has 0 saturated carbocycles. The van der Waals surface area contributed by atoms with E-state index in [0.29, 0.717) is 36.8 Å². The van der Waals surface area contributed by atoms with E-state index in [1.165, 1.54) is 6.20 Å². The Morgan fingerprint density at radius 1 is 1.57 bits per heavy atom. The number of amides is 1. The van der Waals surface area contributed by atoms with Crippen LogP contribution < -0.4 is 16.4 Å². The molecule has 0 spiro atoms. The zero-order chi connectivity index (χ0) is 15.0. The van der Waals surface area contributed by atoms with E-state index in [4.69, 9.17) is 5.73 Å². The first-order chi connectivity index (χ1) is 9.94. The van der Waals surface area contributed by atoms with Gasteiger partial charge in [-0.25, -0.2) is 13.1 Å². The first kappa shape index (κ1) is 14.3. The minimum atomic E-state index is -2.85. The van der Waals surface area contributed by atoms with E-state index in [0.717, 1.165) is 6.54 Å². The summed E-state index contributed by atoms with van der Waals surface area (Å²) >= 11 is 0. The Morgan fingerprint density at radius 2 is 2.38 bits per heavy atom. The highest BCUT2D eigenvalue weighted by Crippen LogP contribution is 2.21. The summed E-state index contributed by atoms with van der Waals surface area (Å²) in [6, 6.07) is 0.0511. The topological polar surface area (TPSA) is 119 Å². The lowest BCUT2D eigenvalue weighted by atomic mass is 10.1. The molecule has 4 N–H and O–H groups in total. The Morgan fingerprint density at radius 3 is 3.05 bits per heavy atom. The fourth-order valence-electron chi connectivity index (χ4n) is 2.87. The van der Waals surface area contributed by atoms with Gasteiger partial charge in [0.25, 0.3) is 5.91 Å². The van der Waals surface area contributed by atoms with Gasteiger partial charge in [0.2, 0.25) is 0 Å². The molecule has 1 amide bonds. The third-order valence-corrected chi connectivity index (χ3v) is 5.79. The van der Waals surface area contributed by atoms with Crippen LogP contribution in [0.5, 0.6) is 0 Å². The fourth-order valence-corrected chi connectivity index (χ4v) is 4.57. The van der Waals surface area contributed by atoms with E-state index < -0.39 is 15.7 Å². The summed E-state index contributed by atoms with van der Waals surface area (Å²) in [5.41, 5.74) is 5.69. The van der Waals surface area contributed by atoms with Gasteiger partial charge in [0.15, 0.2) is 9.84 Å². The second-order valence-corrected chi connectivity index (χ2v) is 7.94. The molecule has 1 aromatic rings. The van der Waals surface area contributed by atoms with Crippen LogP contribution in [0.3, 0.4) is 0 Å². The van der Waals surface area contributed by atoms with E-state index >= 15 is 0 Å². The van der Waals surface area contributed by atoms with E-state index in [2.05, 4.69) is 15.7 Å². The smallest absolute Gasteiger partial charge is 0.254 e. The molecule has 0 radical (unpaired) electrons. The van der Waals surface area contributed by atoms with Crippen molar-refractivity contribution in [2.24, 2.45) is 11.7 Å². The molecule has 3 heterocycles. The molecule has 21 heavy (non-hydrogen) atoms. The lowest BCUT2D eigenvalue weighted by molar-refractivity contribution is 0.100. The monoisotopic (exact) mass is 313 g/mol. The largest absolute Gasteiger partial charge is 0.369 e. The van der Waals surface area contributed by atoms with Gasteiger partial charge in [-0.2, -0.15) is 5.10 Å². The summed E-state index contributed by atoms with van der Waals surface area (Å²) < 4.78 is 24.6. The molecule has 1 aromatic heterocycles. The molecule has 1 fully saturated rings. The molecule has 0 aliphatic carbocycles. The summed E-state index contributed by atoms with van der Waals surface area (Å²) in [5.74, 6) is 0.977. The van der Waals surface area contributed by atoms with Crippen LogP contribution in [0, 0.1) is 5.92 Å². The van der Waals surface area contributed by atoms with Crippen molar-refractivity contribution in [2.45, 2.75) is 19.0 Å². The number of anilines is 1. The number of hydrogen-bond donors (Lipinski definition) is 3. The Bertz CT molecular complexity index is 654. The molecule has 1 saturated heterocycles. The predicted octanol–water partition coefficient (Wildman–Crippen LogP) is -1.20. The Hall–Kier alpha value is -1.61. The van der Waals surface area contributed by atoms with Crippen LogP contribution in [-0.4, -0.2) is 54.7 Å². The zero-order valence-corrected chi connectivity index (χ0v) is 12.4. The van der Waals surface area contributed by atoms with Crippen molar-refractivity contribution in [3.8, 4) is 0 Å². The molecule has 0 unspecified atom stereocenters. The Kier molecular flexibility index (Phi) is 3.62. The van der Waals surface area contributed by atoms with Gasteiger partial charge in [-0.15, -0.1) is 0 Å². The molecule has 3 rings (SSSR count). The van der Waals surface area contributed by atoms with Gasteiger partial charge in [-0.1, -0.05) is 0 Å². The average molecular weight is 313 g/mol. The van der Waals surface area contributed by atoms with Crippen molar-refractivity contribution < 1.29 is 13.2 Å². The van der Waals surface area contributed by atoms with E-state index in [9.17, 15) is 13.2 Å². The summed E-state index contributed by atoms with van der Waals surface area (Å²) in [6.07, 6.45) is 2.16. The van der Waals surface area contributed by atoms with Crippen molar-refractivity contribution in [2.75, 3.05) is 29.9 Å². The van der Waals surface area contributed by atoms with Crippen LogP contribution in [0.1, 0.15) is 16.8 Å². The van der Waals surface area contributed by atoms with Crippen LogP contribution in [0.4, 0.5) is 5.82 Å². The number of rotatable bonds is 4. The number of primary amides is 1. The molecule has 116 valence electrons. The molecule has 2 aliphatic heterocycles. The van der Waals surface area contributed by atoms with Crippen molar-refractivity contribution in [1.29, 1.82) is 0 Å². The van der Waals surface area contributed by atoms with E-state index in [-0.39, 0.29) is 17.5 Å². The first-order valence-corrected chi connectivity index (χ1v) is 8.80. The number of nitrogens with two attached hydrogens (primary N) is 1. The standard InChI is InChI=1S/C12H19N5O3S/c13-11(18)10-5-16-17-6-8(4-15-12(10)17)3-14-9-1-2-21(19,20)7-9/h5,8-9,14-15H,1-4,6-7H2,(H2,13,18)/t8-,9-/m1/s1. The minimum absolute atomic E-state index is 0.0511. The highest BCUT2D eigenvalue weighted by atomic mass is 32.2. The van der Waals surface area contributed by atoms with Crippen molar-refractivity contribution >= 4 is 21.6 Å². The zero-order valence-electron chi connectivity index (χ0n) is 11.6. The molecule has 9 heteroatoms. The number of fused-ring (bicyclic) bond motifs is 1. The fraction of sp³-hybridized carbons (Fsp3) is 0.667. The van der Waals surface area contributed by atoms with Crippen molar-refractivity contribution in [1.82, 2.24) is 15.1 Å². The summed E-state index contributed by atoms with van der Waals surface area (Å²) in [7, 11) is -2.85. The third kappa shape index (κ3) is 3.03. The van der Waals surface area contributed by atoms with Gasteiger partial charge < -0.3 is 16.4 Å².